The van der Waals surface area contributed by atoms with Crippen LogP contribution in [-0.2, 0) is 0 Å². The molecule has 0 saturated carbocycles. The highest BCUT2D eigenvalue weighted by Crippen LogP contribution is 2.30. The molecule has 0 aliphatic carbocycles. The molecule has 0 aliphatic rings. The maximum atomic E-state index is 5.54. The van der Waals surface area contributed by atoms with Crippen LogP contribution in [-0.4, -0.2) is 18.5 Å². The number of nitrogens with zero attached hydrogens (tertiary/aromatic N) is 2. The Morgan fingerprint density at radius 2 is 2.06 bits per heavy atom. The summed E-state index contributed by atoms with van der Waals surface area (Å²) < 4.78 is 6.31. The van der Waals surface area contributed by atoms with Crippen LogP contribution in [0.2, 0.25) is 0 Å². The lowest BCUT2D eigenvalue weighted by Crippen LogP contribution is -2.26. The highest BCUT2D eigenvalue weighted by molar-refractivity contribution is 9.10. The Morgan fingerprint density at radius 3 is 2.65 bits per heavy atom. The van der Waals surface area contributed by atoms with Crippen LogP contribution in [0.1, 0.15) is 6.92 Å². The summed E-state index contributed by atoms with van der Waals surface area (Å²) in [5, 5.41) is 0. The summed E-state index contributed by atoms with van der Waals surface area (Å²) in [6, 6.07) is 5.37. The molecule has 0 aliphatic heterocycles. The van der Waals surface area contributed by atoms with Gasteiger partial charge >= 0.3 is 0 Å². The molecule has 17 heavy (non-hydrogen) atoms. The van der Waals surface area contributed by atoms with Crippen molar-refractivity contribution in [3.8, 4) is 5.75 Å². The molecule has 0 heterocycles. The van der Waals surface area contributed by atoms with Crippen molar-refractivity contribution in [1.82, 2.24) is 0 Å². The predicted octanol–water partition coefficient (Wildman–Crippen LogP) is 1.07. The summed E-state index contributed by atoms with van der Waals surface area (Å²) in [4.78, 5) is 7.69. The fraction of sp³-hybridized carbons (Fsp3) is 0.200. The molecular weight excluding hydrogens is 286 g/mol. The van der Waals surface area contributed by atoms with Crippen LogP contribution >= 0.6 is 15.9 Å². The third kappa shape index (κ3) is 4.31. The van der Waals surface area contributed by atoms with Gasteiger partial charge in [-0.15, -0.1) is 0 Å². The van der Waals surface area contributed by atoms with Gasteiger partial charge in [0.05, 0.1) is 6.61 Å². The van der Waals surface area contributed by atoms with E-state index in [4.69, 9.17) is 21.9 Å². The molecule has 0 aromatic heterocycles. The van der Waals surface area contributed by atoms with Crippen LogP contribution in [0.5, 0.6) is 5.75 Å². The van der Waals surface area contributed by atoms with E-state index in [1.165, 1.54) is 0 Å². The molecular formula is C10H14BrN5O. The molecule has 1 rings (SSSR count). The second-order valence-corrected chi connectivity index (χ2v) is 3.97. The van der Waals surface area contributed by atoms with E-state index in [0.29, 0.717) is 18.0 Å². The summed E-state index contributed by atoms with van der Waals surface area (Å²) in [6.07, 6.45) is 0. The molecule has 0 fully saturated rings. The standard InChI is InChI=1S/C10H14BrN5O/c1-2-17-8-5-6(11)3-4-7(8)15-10(14)16-9(12)13/h3-5H,2H2,1H3,(H6,12,13,14,15,16). The summed E-state index contributed by atoms with van der Waals surface area (Å²) >= 11 is 3.35. The third-order valence-corrected chi connectivity index (χ3v) is 2.19. The first-order valence-corrected chi connectivity index (χ1v) is 5.68. The van der Waals surface area contributed by atoms with Crippen molar-refractivity contribution < 1.29 is 4.74 Å². The molecule has 0 bridgehead atoms. The van der Waals surface area contributed by atoms with Gasteiger partial charge in [0, 0.05) is 4.47 Å². The zero-order chi connectivity index (χ0) is 12.8. The quantitative estimate of drug-likeness (QED) is 0.572. The van der Waals surface area contributed by atoms with E-state index in [2.05, 4.69) is 25.9 Å². The van der Waals surface area contributed by atoms with Crippen LogP contribution in [0.3, 0.4) is 0 Å². The van der Waals surface area contributed by atoms with Crippen LogP contribution in [0.4, 0.5) is 5.69 Å². The third-order valence-electron chi connectivity index (χ3n) is 1.70. The minimum absolute atomic E-state index is 0.0201. The van der Waals surface area contributed by atoms with Crippen molar-refractivity contribution >= 4 is 33.5 Å². The highest BCUT2D eigenvalue weighted by Gasteiger charge is 2.04. The van der Waals surface area contributed by atoms with Gasteiger partial charge in [0.15, 0.2) is 5.96 Å². The monoisotopic (exact) mass is 299 g/mol. The molecule has 92 valence electrons. The number of hydrogen-bond donors (Lipinski definition) is 3. The minimum atomic E-state index is -0.138. The summed E-state index contributed by atoms with van der Waals surface area (Å²) in [5.74, 6) is 0.449. The van der Waals surface area contributed by atoms with Gasteiger partial charge in [-0.05, 0) is 25.1 Å². The van der Waals surface area contributed by atoms with Crippen molar-refractivity contribution in [2.45, 2.75) is 6.92 Å². The molecule has 0 radical (unpaired) electrons. The van der Waals surface area contributed by atoms with Gasteiger partial charge in [0.1, 0.15) is 11.4 Å². The number of benzene rings is 1. The van der Waals surface area contributed by atoms with Gasteiger partial charge in [0.25, 0.3) is 0 Å². The lowest BCUT2D eigenvalue weighted by molar-refractivity contribution is 0.341. The van der Waals surface area contributed by atoms with Gasteiger partial charge < -0.3 is 21.9 Å². The first kappa shape index (κ1) is 13.3. The highest BCUT2D eigenvalue weighted by atomic mass is 79.9. The van der Waals surface area contributed by atoms with E-state index >= 15 is 0 Å². The molecule has 1 aromatic carbocycles. The van der Waals surface area contributed by atoms with Crippen LogP contribution in [0, 0.1) is 0 Å². The van der Waals surface area contributed by atoms with E-state index in [1.54, 1.807) is 12.1 Å². The van der Waals surface area contributed by atoms with Crippen molar-refractivity contribution in [1.29, 1.82) is 0 Å². The van der Waals surface area contributed by atoms with E-state index in [9.17, 15) is 0 Å². The first-order chi connectivity index (χ1) is 8.02. The Hall–Kier alpha value is -1.76. The van der Waals surface area contributed by atoms with Crippen molar-refractivity contribution in [3.63, 3.8) is 0 Å². The van der Waals surface area contributed by atoms with Crippen molar-refractivity contribution in [3.05, 3.63) is 22.7 Å². The van der Waals surface area contributed by atoms with Gasteiger partial charge in [-0.25, -0.2) is 4.99 Å². The maximum absolute atomic E-state index is 5.54. The molecule has 0 amide bonds. The molecule has 1 aromatic rings. The van der Waals surface area contributed by atoms with Crippen molar-refractivity contribution in [2.75, 3.05) is 6.61 Å². The second kappa shape index (κ2) is 6.09. The Bertz CT molecular complexity index is 454. The Kier molecular flexibility index (Phi) is 4.77. The zero-order valence-electron chi connectivity index (χ0n) is 9.35. The first-order valence-electron chi connectivity index (χ1n) is 4.89. The van der Waals surface area contributed by atoms with Crippen LogP contribution < -0.4 is 21.9 Å². The number of hydrogen-bond acceptors (Lipinski definition) is 2. The number of aliphatic imine (C=N–C) groups is 2. The number of guanidine groups is 2. The molecule has 6 nitrogen and oxygen atoms in total. The smallest absolute Gasteiger partial charge is 0.223 e. The zero-order valence-corrected chi connectivity index (χ0v) is 10.9. The summed E-state index contributed by atoms with van der Waals surface area (Å²) in [6.45, 7) is 2.41. The lowest BCUT2D eigenvalue weighted by atomic mass is 10.3. The summed E-state index contributed by atoms with van der Waals surface area (Å²) in [7, 11) is 0. The number of ether oxygens (including phenoxy) is 1. The number of halogens is 1. The van der Waals surface area contributed by atoms with Gasteiger partial charge in [-0.2, -0.15) is 4.99 Å². The fourth-order valence-electron chi connectivity index (χ4n) is 1.13. The Morgan fingerprint density at radius 1 is 1.35 bits per heavy atom. The Labute approximate surface area is 108 Å². The number of nitrogens with two attached hydrogens (primary N) is 3. The van der Waals surface area contributed by atoms with Gasteiger partial charge in [0.2, 0.25) is 5.96 Å². The van der Waals surface area contributed by atoms with Crippen molar-refractivity contribution in [2.24, 2.45) is 27.2 Å². The lowest BCUT2D eigenvalue weighted by Gasteiger charge is -2.07. The van der Waals surface area contributed by atoms with Crippen LogP contribution in [0.25, 0.3) is 0 Å². The average molecular weight is 300 g/mol. The Balaban J connectivity index is 3.09. The maximum Gasteiger partial charge on any atom is 0.223 e. The largest absolute Gasteiger partial charge is 0.492 e. The predicted molar refractivity (Wildman–Crippen MR) is 72.4 cm³/mol. The molecule has 6 N–H and O–H groups in total. The summed E-state index contributed by atoms with van der Waals surface area (Å²) in [5.41, 5.74) is 16.5. The molecule has 0 spiro atoms. The van der Waals surface area contributed by atoms with E-state index in [1.807, 2.05) is 13.0 Å². The van der Waals surface area contributed by atoms with E-state index < -0.39 is 0 Å². The number of rotatable bonds is 3. The molecule has 7 heteroatoms. The van der Waals surface area contributed by atoms with Gasteiger partial charge in [-0.3, -0.25) is 0 Å². The van der Waals surface area contributed by atoms with E-state index in [-0.39, 0.29) is 11.9 Å². The molecule has 0 unspecified atom stereocenters. The normalized spacial score (nSPS) is 11.1. The van der Waals surface area contributed by atoms with E-state index in [0.717, 1.165) is 4.47 Å². The fourth-order valence-corrected chi connectivity index (χ4v) is 1.47. The molecule has 0 saturated heterocycles. The van der Waals surface area contributed by atoms with Gasteiger partial charge in [-0.1, -0.05) is 15.9 Å². The second-order valence-electron chi connectivity index (χ2n) is 3.05. The average Bonchev–Trinajstić information content (AvgIpc) is 2.21. The SMILES string of the molecule is CCOc1cc(Br)ccc1N=C(N)N=C(N)N. The minimum Gasteiger partial charge on any atom is -0.492 e. The topological polar surface area (TPSA) is 112 Å². The van der Waals surface area contributed by atoms with Crippen LogP contribution in [0.15, 0.2) is 32.7 Å². The molecule has 0 atom stereocenters.